The van der Waals surface area contributed by atoms with Crippen LogP contribution in [0.1, 0.15) is 17.2 Å². The van der Waals surface area contributed by atoms with Gasteiger partial charge < -0.3 is 14.8 Å². The Bertz CT molecular complexity index is 738. The molecule has 1 saturated heterocycles. The average Bonchev–Trinajstić information content (AvgIpc) is 2.67. The minimum absolute atomic E-state index is 0. The van der Waals surface area contributed by atoms with Crippen LogP contribution in [-0.2, 0) is 6.61 Å². The lowest BCUT2D eigenvalue weighted by molar-refractivity contribution is -0.187. The lowest BCUT2D eigenvalue weighted by Crippen LogP contribution is -2.49. The first-order valence-corrected chi connectivity index (χ1v) is 8.85. The van der Waals surface area contributed by atoms with E-state index in [-0.39, 0.29) is 24.6 Å². The van der Waals surface area contributed by atoms with Gasteiger partial charge in [-0.15, -0.1) is 12.4 Å². The summed E-state index contributed by atoms with van der Waals surface area (Å²) in [5, 5.41) is 3.09. The number of nitrogens with one attached hydrogen (secondary N) is 1. The summed E-state index contributed by atoms with van der Waals surface area (Å²) in [4.78, 5) is 1.46. The number of halogens is 4. The van der Waals surface area contributed by atoms with Crippen molar-refractivity contribution in [2.24, 2.45) is 0 Å². The molecule has 1 aliphatic heterocycles. The van der Waals surface area contributed by atoms with Crippen molar-refractivity contribution in [1.29, 1.82) is 0 Å². The molecule has 0 aromatic heterocycles. The van der Waals surface area contributed by atoms with Crippen molar-refractivity contribution in [2.45, 2.75) is 18.8 Å². The maximum atomic E-state index is 13.8. The van der Waals surface area contributed by atoms with E-state index in [4.69, 9.17) is 9.47 Å². The molecule has 2 aromatic rings. The lowest BCUT2D eigenvalue weighted by atomic mass is 10.0. The number of benzene rings is 2. The highest BCUT2D eigenvalue weighted by molar-refractivity contribution is 5.85. The topological polar surface area (TPSA) is 33.7 Å². The van der Waals surface area contributed by atoms with Crippen molar-refractivity contribution < 1.29 is 22.6 Å². The summed E-state index contributed by atoms with van der Waals surface area (Å²) >= 11 is 0. The molecule has 0 saturated carbocycles. The van der Waals surface area contributed by atoms with Gasteiger partial charge in [-0.25, -0.2) is 0 Å². The van der Waals surface area contributed by atoms with Gasteiger partial charge in [0.1, 0.15) is 12.6 Å². The molecule has 3 rings (SSSR count). The van der Waals surface area contributed by atoms with Crippen molar-refractivity contribution in [1.82, 2.24) is 10.2 Å². The van der Waals surface area contributed by atoms with Crippen LogP contribution in [0.3, 0.4) is 0 Å². The molecule has 0 spiro atoms. The second-order valence-electron chi connectivity index (χ2n) is 6.41. The molecular formula is C20H24ClF3N2O2. The van der Waals surface area contributed by atoms with Crippen molar-refractivity contribution in [2.75, 3.05) is 33.3 Å². The first-order chi connectivity index (χ1) is 13.0. The van der Waals surface area contributed by atoms with Crippen LogP contribution in [0.15, 0.2) is 48.5 Å². The second-order valence-corrected chi connectivity index (χ2v) is 6.41. The molecule has 0 bridgehead atoms. The average molecular weight is 417 g/mol. The predicted molar refractivity (Wildman–Crippen MR) is 104 cm³/mol. The molecule has 2 aromatic carbocycles. The molecule has 0 radical (unpaired) electrons. The van der Waals surface area contributed by atoms with Gasteiger partial charge in [-0.05, 0) is 23.3 Å². The smallest absolute Gasteiger partial charge is 0.408 e. The van der Waals surface area contributed by atoms with Crippen LogP contribution in [0.4, 0.5) is 13.2 Å². The fourth-order valence-corrected chi connectivity index (χ4v) is 3.26. The summed E-state index contributed by atoms with van der Waals surface area (Å²) in [6, 6.07) is 12.3. The third-order valence-electron chi connectivity index (χ3n) is 4.57. The van der Waals surface area contributed by atoms with E-state index in [2.05, 4.69) is 5.32 Å². The molecule has 1 atom stereocenters. The van der Waals surface area contributed by atoms with Crippen molar-refractivity contribution >= 4 is 12.4 Å². The van der Waals surface area contributed by atoms with Crippen LogP contribution >= 0.6 is 12.4 Å². The van der Waals surface area contributed by atoms with Crippen LogP contribution in [0.2, 0.25) is 0 Å². The molecule has 0 unspecified atom stereocenters. The van der Waals surface area contributed by atoms with Crippen LogP contribution in [0.5, 0.6) is 11.5 Å². The molecule has 28 heavy (non-hydrogen) atoms. The van der Waals surface area contributed by atoms with Gasteiger partial charge in [-0.1, -0.05) is 36.4 Å². The van der Waals surface area contributed by atoms with E-state index in [0.717, 1.165) is 5.56 Å². The highest BCUT2D eigenvalue weighted by Crippen LogP contribution is 2.41. The number of ether oxygens (including phenoxy) is 2. The van der Waals surface area contributed by atoms with Crippen LogP contribution < -0.4 is 14.8 Å². The van der Waals surface area contributed by atoms with E-state index in [1.807, 2.05) is 30.3 Å². The maximum Gasteiger partial charge on any atom is 0.408 e. The van der Waals surface area contributed by atoms with Gasteiger partial charge in [0, 0.05) is 26.2 Å². The summed E-state index contributed by atoms with van der Waals surface area (Å²) in [6.07, 6.45) is -4.37. The summed E-state index contributed by atoms with van der Waals surface area (Å²) < 4.78 is 52.5. The van der Waals surface area contributed by atoms with Gasteiger partial charge in [-0.3, -0.25) is 4.90 Å². The normalized spacial score (nSPS) is 16.1. The molecular weight excluding hydrogens is 393 g/mol. The monoisotopic (exact) mass is 416 g/mol. The van der Waals surface area contributed by atoms with Crippen molar-refractivity contribution in [3.05, 3.63) is 59.7 Å². The zero-order chi connectivity index (χ0) is 19.3. The Balaban J connectivity index is 0.00000280. The molecule has 1 fully saturated rings. The molecule has 4 nitrogen and oxygen atoms in total. The number of rotatable bonds is 6. The highest BCUT2D eigenvalue weighted by Gasteiger charge is 2.45. The lowest BCUT2D eigenvalue weighted by Gasteiger charge is -2.36. The Labute approximate surface area is 169 Å². The minimum atomic E-state index is -4.37. The zero-order valence-corrected chi connectivity index (χ0v) is 16.4. The predicted octanol–water partition coefficient (Wildman–Crippen LogP) is 4.20. The Kier molecular flexibility index (Phi) is 7.98. The maximum absolute atomic E-state index is 13.8. The third-order valence-corrected chi connectivity index (χ3v) is 4.57. The number of hydrogen-bond donors (Lipinski definition) is 1. The standard InChI is InChI=1S/C20H23F3N2O2.ClH/c1-26-17-8-7-16(13-18(17)27-14-15-5-3-2-4-6-15)19(20(21,22)23)25-11-9-24-10-12-25;/h2-8,13,19,24H,9-12,14H2,1H3;1H/t19-;/m0./s1. The molecule has 1 N–H and O–H groups in total. The number of hydrogen-bond acceptors (Lipinski definition) is 4. The summed E-state index contributed by atoms with van der Waals surface area (Å²) in [7, 11) is 1.47. The van der Waals surface area contributed by atoms with E-state index in [1.165, 1.54) is 30.2 Å². The Morgan fingerprint density at radius 3 is 2.32 bits per heavy atom. The van der Waals surface area contributed by atoms with Crippen molar-refractivity contribution in [3.63, 3.8) is 0 Å². The van der Waals surface area contributed by atoms with E-state index >= 15 is 0 Å². The molecule has 1 heterocycles. The Morgan fingerprint density at radius 1 is 1.04 bits per heavy atom. The van der Waals surface area contributed by atoms with Crippen LogP contribution in [-0.4, -0.2) is 44.4 Å². The molecule has 0 amide bonds. The summed E-state index contributed by atoms with van der Waals surface area (Å²) in [5.74, 6) is 0.721. The number of nitrogens with zero attached hydrogens (tertiary/aromatic N) is 1. The highest BCUT2D eigenvalue weighted by atomic mass is 35.5. The van der Waals surface area contributed by atoms with Crippen molar-refractivity contribution in [3.8, 4) is 11.5 Å². The van der Waals surface area contributed by atoms with E-state index in [0.29, 0.717) is 37.7 Å². The van der Waals surface area contributed by atoms with Gasteiger partial charge >= 0.3 is 6.18 Å². The third kappa shape index (κ3) is 5.53. The van der Waals surface area contributed by atoms with Gasteiger partial charge in [0.2, 0.25) is 0 Å². The largest absolute Gasteiger partial charge is 0.493 e. The summed E-state index contributed by atoms with van der Waals surface area (Å²) in [5.41, 5.74) is 1.09. The zero-order valence-electron chi connectivity index (χ0n) is 15.5. The number of methoxy groups -OCH3 is 1. The van der Waals surface area contributed by atoms with E-state index in [9.17, 15) is 13.2 Å². The van der Waals surface area contributed by atoms with Gasteiger partial charge in [-0.2, -0.15) is 13.2 Å². The SMILES string of the molecule is COc1ccc([C@H](N2CCNCC2)C(F)(F)F)cc1OCc1ccccc1.Cl. The molecule has 1 aliphatic rings. The molecule has 8 heteroatoms. The van der Waals surface area contributed by atoms with Crippen LogP contribution in [0.25, 0.3) is 0 Å². The van der Waals surface area contributed by atoms with E-state index < -0.39 is 12.2 Å². The molecule has 154 valence electrons. The van der Waals surface area contributed by atoms with Gasteiger partial charge in [0.05, 0.1) is 7.11 Å². The Morgan fingerprint density at radius 2 is 1.71 bits per heavy atom. The van der Waals surface area contributed by atoms with Gasteiger partial charge in [0.15, 0.2) is 11.5 Å². The van der Waals surface area contributed by atoms with E-state index in [1.54, 1.807) is 0 Å². The first-order valence-electron chi connectivity index (χ1n) is 8.85. The van der Waals surface area contributed by atoms with Gasteiger partial charge in [0.25, 0.3) is 0 Å². The summed E-state index contributed by atoms with van der Waals surface area (Å²) in [6.45, 7) is 2.03. The number of alkyl halides is 3. The quantitative estimate of drug-likeness (QED) is 0.765. The molecule has 0 aliphatic carbocycles. The minimum Gasteiger partial charge on any atom is -0.493 e. The second kappa shape index (κ2) is 10.0. The number of piperazine rings is 1. The first kappa shape index (κ1) is 22.3. The Hall–Kier alpha value is -1.96. The fourth-order valence-electron chi connectivity index (χ4n) is 3.26. The fraction of sp³-hybridized carbons (Fsp3) is 0.400. The van der Waals surface area contributed by atoms with Crippen LogP contribution in [0, 0.1) is 0 Å².